The summed E-state index contributed by atoms with van der Waals surface area (Å²) in [5.74, 6) is 0.697. The maximum Gasteiger partial charge on any atom is 0.253 e. The van der Waals surface area contributed by atoms with E-state index in [1.165, 1.54) is 18.4 Å². The molecule has 160 valence electrons. The summed E-state index contributed by atoms with van der Waals surface area (Å²) in [6, 6.07) is 5.95. The average molecular weight is 411 g/mol. The van der Waals surface area contributed by atoms with Crippen LogP contribution in [0.25, 0.3) is 10.9 Å². The van der Waals surface area contributed by atoms with E-state index in [0.29, 0.717) is 24.5 Å². The van der Waals surface area contributed by atoms with Crippen molar-refractivity contribution in [2.24, 2.45) is 0 Å². The quantitative estimate of drug-likeness (QED) is 0.672. The molecule has 1 atom stereocenters. The maximum absolute atomic E-state index is 13.3. The Morgan fingerprint density at radius 2 is 1.90 bits per heavy atom. The Bertz CT molecular complexity index is 1070. The molecule has 0 radical (unpaired) electrons. The molecule has 1 fully saturated rings. The topological polar surface area (TPSA) is 88.9 Å². The smallest absolute Gasteiger partial charge is 0.253 e. The number of aryl methyl sites for hydroxylation is 2. The van der Waals surface area contributed by atoms with Crippen LogP contribution in [0, 0.1) is 13.8 Å². The summed E-state index contributed by atoms with van der Waals surface area (Å²) in [4.78, 5) is 18.8. The molecule has 8 heteroatoms. The van der Waals surface area contributed by atoms with Crippen molar-refractivity contribution in [3.63, 3.8) is 0 Å². The van der Waals surface area contributed by atoms with Crippen LogP contribution >= 0.6 is 0 Å². The van der Waals surface area contributed by atoms with E-state index in [4.69, 9.17) is 4.74 Å². The van der Waals surface area contributed by atoms with E-state index in [2.05, 4.69) is 44.5 Å². The number of nitrogens with one attached hydrogen (secondary N) is 1. The first-order chi connectivity index (χ1) is 14.6. The van der Waals surface area contributed by atoms with Gasteiger partial charge in [0, 0.05) is 12.7 Å². The highest BCUT2D eigenvalue weighted by Crippen LogP contribution is 2.29. The minimum atomic E-state index is -0.288. The molecule has 1 N–H and O–H groups in total. The van der Waals surface area contributed by atoms with Crippen LogP contribution in [0.4, 0.5) is 0 Å². The maximum atomic E-state index is 13.3. The number of hydrogen-bond acceptors (Lipinski definition) is 6. The van der Waals surface area contributed by atoms with Gasteiger partial charge in [-0.2, -0.15) is 0 Å². The number of tetrazole rings is 1. The van der Waals surface area contributed by atoms with E-state index in [0.717, 1.165) is 42.4 Å². The second-order valence-electron chi connectivity index (χ2n) is 8.21. The molecule has 0 unspecified atom stereocenters. The van der Waals surface area contributed by atoms with Gasteiger partial charge in [-0.05, 0) is 73.3 Å². The normalized spacial score (nSPS) is 16.6. The fourth-order valence-electron chi connectivity index (χ4n) is 4.50. The molecule has 0 spiro atoms. The summed E-state index contributed by atoms with van der Waals surface area (Å²) in [5, 5.41) is 13.5. The second-order valence-corrected chi connectivity index (χ2v) is 8.21. The molecule has 1 aromatic carbocycles. The van der Waals surface area contributed by atoms with Crippen molar-refractivity contribution < 1.29 is 4.74 Å². The summed E-state index contributed by atoms with van der Waals surface area (Å²) in [7, 11) is 1.66. The monoisotopic (exact) mass is 410 g/mol. The van der Waals surface area contributed by atoms with Crippen LogP contribution in [0.15, 0.2) is 23.0 Å². The highest BCUT2D eigenvalue weighted by atomic mass is 16.5. The molecule has 0 saturated carbocycles. The summed E-state index contributed by atoms with van der Waals surface area (Å²) in [5.41, 5.74) is 3.76. The third-order valence-electron chi connectivity index (χ3n) is 5.93. The molecule has 8 nitrogen and oxygen atoms in total. The Balaban J connectivity index is 1.86. The lowest BCUT2D eigenvalue weighted by Gasteiger charge is -2.29. The Morgan fingerprint density at radius 3 is 2.63 bits per heavy atom. The molecule has 3 aromatic rings. The lowest BCUT2D eigenvalue weighted by Crippen LogP contribution is -2.36. The molecule has 1 saturated heterocycles. The summed E-state index contributed by atoms with van der Waals surface area (Å²) >= 11 is 0. The molecule has 3 heterocycles. The molecule has 0 amide bonds. The molecular formula is C22H30N6O2. The molecular weight excluding hydrogens is 380 g/mol. The first kappa shape index (κ1) is 20.7. The van der Waals surface area contributed by atoms with Crippen LogP contribution in [-0.2, 0) is 11.3 Å². The molecule has 30 heavy (non-hydrogen) atoms. The number of hydrogen-bond donors (Lipinski definition) is 1. The summed E-state index contributed by atoms with van der Waals surface area (Å²) < 4.78 is 7.00. The zero-order chi connectivity index (χ0) is 21.1. The molecule has 2 aromatic heterocycles. The van der Waals surface area contributed by atoms with E-state index in [9.17, 15) is 4.79 Å². The first-order valence-corrected chi connectivity index (χ1v) is 10.7. The minimum absolute atomic E-state index is 0.0787. The largest absolute Gasteiger partial charge is 0.383 e. The van der Waals surface area contributed by atoms with Crippen molar-refractivity contribution in [3.8, 4) is 0 Å². The van der Waals surface area contributed by atoms with Gasteiger partial charge < -0.3 is 9.72 Å². The number of likely N-dealkylation sites (tertiary alicyclic amines) is 1. The minimum Gasteiger partial charge on any atom is -0.383 e. The van der Waals surface area contributed by atoms with Gasteiger partial charge in [0.2, 0.25) is 0 Å². The predicted molar refractivity (Wildman–Crippen MR) is 116 cm³/mol. The Hall–Kier alpha value is -2.58. The Kier molecular flexibility index (Phi) is 6.24. The number of fused-ring (bicyclic) bond motifs is 1. The van der Waals surface area contributed by atoms with Gasteiger partial charge in [0.15, 0.2) is 5.82 Å². The molecule has 0 aliphatic carbocycles. The van der Waals surface area contributed by atoms with Crippen LogP contribution in [0.1, 0.15) is 54.2 Å². The van der Waals surface area contributed by atoms with Gasteiger partial charge in [0.1, 0.15) is 6.04 Å². The van der Waals surface area contributed by atoms with Gasteiger partial charge in [-0.15, -0.1) is 5.10 Å². The van der Waals surface area contributed by atoms with Crippen LogP contribution in [0.2, 0.25) is 0 Å². The Labute approximate surface area is 176 Å². The number of methoxy groups -OCH3 is 1. The van der Waals surface area contributed by atoms with E-state index in [-0.39, 0.29) is 11.6 Å². The number of nitrogens with zero attached hydrogens (tertiary/aromatic N) is 5. The molecule has 4 rings (SSSR count). The van der Waals surface area contributed by atoms with Gasteiger partial charge in [0.25, 0.3) is 5.56 Å². The number of benzene rings is 1. The lowest BCUT2D eigenvalue weighted by atomic mass is 10.0. The van der Waals surface area contributed by atoms with Crippen molar-refractivity contribution in [1.82, 2.24) is 30.1 Å². The highest BCUT2D eigenvalue weighted by molar-refractivity contribution is 5.83. The van der Waals surface area contributed by atoms with Gasteiger partial charge in [0.05, 0.1) is 18.7 Å². The lowest BCUT2D eigenvalue weighted by molar-refractivity contribution is 0.175. The standard InChI is InChI=1S/C22H30N6O2/c1-15-12-16(2)19-17(13-15)14-18(22(29)23-19)20(27-8-6-4-5-7-9-27)21-24-25-26-28(21)10-11-30-3/h12-14,20H,4-11H2,1-3H3,(H,23,29)/t20-/m1/s1. The summed E-state index contributed by atoms with van der Waals surface area (Å²) in [6.45, 7) is 7.01. The Morgan fingerprint density at radius 1 is 1.13 bits per heavy atom. The van der Waals surface area contributed by atoms with Crippen LogP contribution < -0.4 is 5.56 Å². The van der Waals surface area contributed by atoms with Crippen molar-refractivity contribution in [2.75, 3.05) is 26.8 Å². The average Bonchev–Trinajstić information content (AvgIpc) is 3.00. The fraction of sp³-hybridized carbons (Fsp3) is 0.545. The number of rotatable bonds is 6. The van der Waals surface area contributed by atoms with Crippen molar-refractivity contribution in [3.05, 3.63) is 51.1 Å². The molecule has 0 bridgehead atoms. The first-order valence-electron chi connectivity index (χ1n) is 10.7. The summed E-state index contributed by atoms with van der Waals surface area (Å²) in [6.07, 6.45) is 4.65. The third-order valence-corrected chi connectivity index (χ3v) is 5.93. The zero-order valence-corrected chi connectivity index (χ0v) is 18.0. The number of H-pyrrole nitrogens is 1. The molecule has 1 aliphatic rings. The third kappa shape index (κ3) is 4.15. The number of aromatic amines is 1. The van der Waals surface area contributed by atoms with Crippen LogP contribution in [0.5, 0.6) is 0 Å². The second kappa shape index (κ2) is 9.06. The van der Waals surface area contributed by atoms with E-state index < -0.39 is 0 Å². The van der Waals surface area contributed by atoms with Gasteiger partial charge in [-0.25, -0.2) is 4.68 Å². The number of pyridine rings is 1. The van der Waals surface area contributed by atoms with E-state index in [1.807, 2.05) is 13.0 Å². The number of ether oxygens (including phenoxy) is 1. The SMILES string of the molecule is COCCn1nnnc1[C@@H](c1cc2cc(C)cc(C)c2[nH]c1=O)N1CCCCCC1. The zero-order valence-electron chi connectivity index (χ0n) is 18.0. The molecule has 1 aliphatic heterocycles. The highest BCUT2D eigenvalue weighted by Gasteiger charge is 2.30. The van der Waals surface area contributed by atoms with Crippen LogP contribution in [-0.4, -0.2) is 56.9 Å². The van der Waals surface area contributed by atoms with Gasteiger partial charge in [-0.3, -0.25) is 9.69 Å². The number of aromatic nitrogens is 5. The van der Waals surface area contributed by atoms with Gasteiger partial charge in [-0.1, -0.05) is 24.5 Å². The van der Waals surface area contributed by atoms with Crippen molar-refractivity contribution >= 4 is 10.9 Å². The van der Waals surface area contributed by atoms with E-state index >= 15 is 0 Å². The van der Waals surface area contributed by atoms with Crippen molar-refractivity contribution in [2.45, 2.75) is 52.1 Å². The van der Waals surface area contributed by atoms with E-state index in [1.54, 1.807) is 11.8 Å². The fourth-order valence-corrected chi connectivity index (χ4v) is 4.50. The van der Waals surface area contributed by atoms with Crippen LogP contribution in [0.3, 0.4) is 0 Å². The van der Waals surface area contributed by atoms with Crippen molar-refractivity contribution in [1.29, 1.82) is 0 Å². The predicted octanol–water partition coefficient (Wildman–Crippen LogP) is 2.74. The van der Waals surface area contributed by atoms with Gasteiger partial charge >= 0.3 is 0 Å².